The van der Waals surface area contributed by atoms with E-state index in [9.17, 15) is 13.2 Å². The summed E-state index contributed by atoms with van der Waals surface area (Å²) in [5, 5.41) is 5.69. The van der Waals surface area contributed by atoms with Gasteiger partial charge in [0.1, 0.15) is 16.4 Å². The third-order valence-electron chi connectivity index (χ3n) is 4.25. The number of nitrogens with one attached hydrogen (secondary N) is 2. The number of ether oxygens (including phenoxy) is 2. The van der Waals surface area contributed by atoms with Crippen LogP contribution in [-0.4, -0.2) is 58.5 Å². The molecule has 2 N–H and O–H groups in total. The van der Waals surface area contributed by atoms with Gasteiger partial charge >= 0.3 is 0 Å². The number of sulfonamides is 1. The second-order valence-electron chi connectivity index (χ2n) is 5.81. The fraction of sp³-hybridized carbons (Fsp3) is 0.533. The first kappa shape index (κ1) is 17.0. The third kappa shape index (κ3) is 2.94. The summed E-state index contributed by atoms with van der Waals surface area (Å²) in [6.07, 6.45) is 1.64. The molecule has 1 atom stereocenters. The van der Waals surface area contributed by atoms with E-state index in [4.69, 9.17) is 9.47 Å². The number of nitrogens with zero attached hydrogens (tertiary/aromatic N) is 1. The second kappa shape index (κ2) is 6.58. The van der Waals surface area contributed by atoms with Gasteiger partial charge in [0.2, 0.25) is 10.0 Å². The van der Waals surface area contributed by atoms with Crippen LogP contribution in [0.2, 0.25) is 0 Å². The van der Waals surface area contributed by atoms with E-state index in [2.05, 4.69) is 10.6 Å². The molecule has 2 heterocycles. The Balaban J connectivity index is 2.02. The first-order valence-corrected chi connectivity index (χ1v) is 9.22. The molecule has 9 heteroatoms. The van der Waals surface area contributed by atoms with Gasteiger partial charge in [0.05, 0.1) is 12.8 Å². The summed E-state index contributed by atoms with van der Waals surface area (Å²) in [6, 6.07) is 2.83. The predicted molar refractivity (Wildman–Crippen MR) is 88.0 cm³/mol. The number of rotatable bonds is 5. The highest BCUT2D eigenvalue weighted by Crippen LogP contribution is 2.39. The fourth-order valence-corrected chi connectivity index (χ4v) is 4.99. The first-order valence-electron chi connectivity index (χ1n) is 7.78. The molecule has 0 aliphatic carbocycles. The number of benzene rings is 1. The maximum atomic E-state index is 13.1. The highest BCUT2D eigenvalue weighted by Gasteiger charge is 2.37. The van der Waals surface area contributed by atoms with Crippen LogP contribution in [0.25, 0.3) is 0 Å². The first-order chi connectivity index (χ1) is 11.5. The van der Waals surface area contributed by atoms with Gasteiger partial charge in [-0.2, -0.15) is 4.31 Å². The van der Waals surface area contributed by atoms with E-state index in [0.717, 1.165) is 12.8 Å². The molecule has 0 bridgehead atoms. The summed E-state index contributed by atoms with van der Waals surface area (Å²) in [7, 11) is -0.515. The van der Waals surface area contributed by atoms with Crippen molar-refractivity contribution in [2.45, 2.75) is 23.8 Å². The molecule has 0 spiro atoms. The van der Waals surface area contributed by atoms with Gasteiger partial charge in [-0.25, -0.2) is 8.42 Å². The minimum atomic E-state index is -3.72. The molecule has 3 rings (SSSR count). The average Bonchev–Trinajstić information content (AvgIpc) is 3.03. The molecule has 1 fully saturated rings. The Morgan fingerprint density at radius 2 is 2.25 bits per heavy atom. The molecule has 1 amide bonds. The minimum absolute atomic E-state index is 0.0582. The number of hydrogen-bond acceptors (Lipinski definition) is 6. The summed E-state index contributed by atoms with van der Waals surface area (Å²) in [5.74, 6) is 0.238. The van der Waals surface area contributed by atoms with E-state index in [0.29, 0.717) is 24.5 Å². The zero-order chi connectivity index (χ0) is 17.3. The van der Waals surface area contributed by atoms with E-state index in [1.165, 1.54) is 23.5 Å². The van der Waals surface area contributed by atoms with Crippen LogP contribution in [0, 0.1) is 0 Å². The molecule has 0 aromatic heterocycles. The Bertz CT molecular complexity index is 750. The molecular weight excluding hydrogens is 334 g/mol. The van der Waals surface area contributed by atoms with Crippen LogP contribution >= 0.6 is 0 Å². The van der Waals surface area contributed by atoms with Crippen molar-refractivity contribution in [1.82, 2.24) is 9.62 Å². The topological polar surface area (TPSA) is 97.0 Å². The normalized spacial score (nSPS) is 21.1. The Kier molecular flexibility index (Phi) is 4.66. The number of amides is 1. The zero-order valence-corrected chi connectivity index (χ0v) is 14.5. The highest BCUT2D eigenvalue weighted by molar-refractivity contribution is 7.89. The number of methoxy groups -OCH3 is 1. The second-order valence-corrected chi connectivity index (χ2v) is 7.66. The molecule has 2 aliphatic rings. The van der Waals surface area contributed by atoms with Gasteiger partial charge in [-0.3, -0.25) is 4.79 Å². The van der Waals surface area contributed by atoms with Crippen molar-refractivity contribution < 1.29 is 22.7 Å². The summed E-state index contributed by atoms with van der Waals surface area (Å²) in [4.78, 5) is 11.5. The van der Waals surface area contributed by atoms with Crippen LogP contribution < -0.4 is 20.1 Å². The Labute approximate surface area is 141 Å². The fourth-order valence-electron chi connectivity index (χ4n) is 3.14. The molecule has 24 heavy (non-hydrogen) atoms. The quantitative estimate of drug-likeness (QED) is 0.794. The SMILES string of the molecule is CNCC1CCCN1S(=O)(=O)c1cc2c(cc1OC)NC(=O)CO2. The maximum Gasteiger partial charge on any atom is 0.262 e. The van der Waals surface area contributed by atoms with Gasteiger partial charge in [-0.05, 0) is 19.9 Å². The molecule has 2 aliphatic heterocycles. The standard InChI is InChI=1S/C15H21N3O5S/c1-16-8-10-4-3-5-18(10)24(20,21)14-7-12-11(6-13(14)22-2)17-15(19)9-23-12/h6-7,10,16H,3-5,8-9H2,1-2H3,(H,17,19). The van der Waals surface area contributed by atoms with Gasteiger partial charge in [0, 0.05) is 31.3 Å². The van der Waals surface area contributed by atoms with Crippen molar-refractivity contribution in [2.24, 2.45) is 0 Å². The van der Waals surface area contributed by atoms with Gasteiger partial charge < -0.3 is 20.1 Å². The average molecular weight is 355 g/mol. The number of anilines is 1. The summed E-state index contributed by atoms with van der Waals surface area (Å²) < 4.78 is 38.4. The molecule has 1 saturated heterocycles. The maximum absolute atomic E-state index is 13.1. The summed E-state index contributed by atoms with van der Waals surface area (Å²) >= 11 is 0. The van der Waals surface area contributed by atoms with Crippen LogP contribution in [0.1, 0.15) is 12.8 Å². The summed E-state index contributed by atoms with van der Waals surface area (Å²) in [5.41, 5.74) is 0.412. The van der Waals surface area contributed by atoms with E-state index < -0.39 is 10.0 Å². The van der Waals surface area contributed by atoms with Gasteiger partial charge in [-0.15, -0.1) is 0 Å². The highest BCUT2D eigenvalue weighted by atomic mass is 32.2. The Morgan fingerprint density at radius 3 is 2.96 bits per heavy atom. The van der Waals surface area contributed by atoms with Crippen LogP contribution in [0.3, 0.4) is 0 Å². The number of carbonyl (C=O) groups is 1. The molecular formula is C15H21N3O5S. The Morgan fingerprint density at radius 1 is 1.46 bits per heavy atom. The monoisotopic (exact) mass is 355 g/mol. The van der Waals surface area contributed by atoms with E-state index in [1.807, 2.05) is 0 Å². The van der Waals surface area contributed by atoms with Crippen molar-refractivity contribution in [3.8, 4) is 11.5 Å². The van der Waals surface area contributed by atoms with Crippen LogP contribution in [0.4, 0.5) is 5.69 Å². The van der Waals surface area contributed by atoms with Gasteiger partial charge in [-0.1, -0.05) is 0 Å². The van der Waals surface area contributed by atoms with Crippen LogP contribution in [-0.2, 0) is 14.8 Å². The molecule has 1 aromatic carbocycles. The van der Waals surface area contributed by atoms with Crippen molar-refractivity contribution in [1.29, 1.82) is 0 Å². The van der Waals surface area contributed by atoms with Gasteiger partial charge in [0.15, 0.2) is 6.61 Å². The van der Waals surface area contributed by atoms with Crippen LogP contribution in [0.15, 0.2) is 17.0 Å². The molecule has 132 valence electrons. The smallest absolute Gasteiger partial charge is 0.262 e. The predicted octanol–water partition coefficient (Wildman–Crippen LogP) is 0.399. The third-order valence-corrected chi connectivity index (χ3v) is 6.22. The minimum Gasteiger partial charge on any atom is -0.495 e. The number of likely N-dealkylation sites (N-methyl/N-ethyl adjacent to an activating group) is 1. The van der Waals surface area contributed by atoms with Gasteiger partial charge in [0.25, 0.3) is 5.91 Å². The number of carbonyl (C=O) groups excluding carboxylic acids is 1. The Hall–Kier alpha value is -1.84. The van der Waals surface area contributed by atoms with E-state index in [-0.39, 0.29) is 29.2 Å². The molecule has 0 saturated carbocycles. The molecule has 1 unspecified atom stereocenters. The molecule has 8 nitrogen and oxygen atoms in total. The lowest BCUT2D eigenvalue weighted by Crippen LogP contribution is -2.41. The van der Waals surface area contributed by atoms with E-state index >= 15 is 0 Å². The lowest BCUT2D eigenvalue weighted by molar-refractivity contribution is -0.118. The zero-order valence-electron chi connectivity index (χ0n) is 13.7. The molecule has 0 radical (unpaired) electrons. The number of hydrogen-bond donors (Lipinski definition) is 2. The number of fused-ring (bicyclic) bond motifs is 1. The lowest BCUT2D eigenvalue weighted by Gasteiger charge is -2.26. The summed E-state index contributed by atoms with van der Waals surface area (Å²) in [6.45, 7) is 0.941. The van der Waals surface area contributed by atoms with Crippen LogP contribution in [0.5, 0.6) is 11.5 Å². The van der Waals surface area contributed by atoms with Crippen molar-refractivity contribution >= 4 is 21.6 Å². The lowest BCUT2D eigenvalue weighted by atomic mass is 10.2. The van der Waals surface area contributed by atoms with Crippen molar-refractivity contribution in [2.75, 3.05) is 39.2 Å². The van der Waals surface area contributed by atoms with Crippen molar-refractivity contribution in [3.05, 3.63) is 12.1 Å². The molecule has 1 aromatic rings. The van der Waals surface area contributed by atoms with E-state index in [1.54, 1.807) is 7.05 Å². The largest absolute Gasteiger partial charge is 0.495 e. The van der Waals surface area contributed by atoms with Crippen molar-refractivity contribution in [3.63, 3.8) is 0 Å².